The van der Waals surface area contributed by atoms with Crippen LogP contribution in [0.1, 0.15) is 5.56 Å². The van der Waals surface area contributed by atoms with E-state index in [2.05, 4.69) is 4.98 Å². The Bertz CT molecular complexity index is 852. The fraction of sp³-hybridized carbons (Fsp3) is 0.357. The number of nitrogens with zero attached hydrogens (tertiary/aromatic N) is 3. The van der Waals surface area contributed by atoms with Gasteiger partial charge in [-0.25, -0.2) is 9.29 Å². The van der Waals surface area contributed by atoms with Gasteiger partial charge in [0.2, 0.25) is 0 Å². The van der Waals surface area contributed by atoms with E-state index in [1.54, 1.807) is 13.2 Å². The molecule has 118 valence electrons. The van der Waals surface area contributed by atoms with Gasteiger partial charge in [0.1, 0.15) is 11.6 Å². The van der Waals surface area contributed by atoms with E-state index in [1.807, 2.05) is 12.1 Å². The third-order valence-corrected chi connectivity index (χ3v) is 5.84. The average Bonchev–Trinajstić information content (AvgIpc) is 2.87. The van der Waals surface area contributed by atoms with Crippen LogP contribution in [0.2, 0.25) is 5.02 Å². The number of hydrogen-bond acceptors (Lipinski definition) is 4. The predicted molar refractivity (Wildman–Crippen MR) is 87.0 cm³/mol. The molecule has 0 spiro atoms. The highest BCUT2D eigenvalue weighted by Gasteiger charge is 2.32. The van der Waals surface area contributed by atoms with Crippen LogP contribution in [0.25, 0.3) is 10.9 Å². The minimum atomic E-state index is -3.54. The molecule has 0 radical (unpaired) electrons. The molecular formula is C14H16ClN3O3S. The lowest BCUT2D eigenvalue weighted by Gasteiger charge is -2.22. The molecular weight excluding hydrogens is 326 g/mol. The van der Waals surface area contributed by atoms with Gasteiger partial charge < -0.3 is 4.74 Å². The third kappa shape index (κ3) is 2.29. The van der Waals surface area contributed by atoms with Crippen molar-refractivity contribution in [3.63, 3.8) is 0 Å². The van der Waals surface area contributed by atoms with Crippen molar-refractivity contribution in [3.05, 3.63) is 28.8 Å². The van der Waals surface area contributed by atoms with Crippen LogP contribution in [0.4, 0.5) is 5.82 Å². The number of benzene rings is 1. The predicted octanol–water partition coefficient (Wildman–Crippen LogP) is 2.07. The minimum Gasteiger partial charge on any atom is -0.495 e. The van der Waals surface area contributed by atoms with Gasteiger partial charge in [-0.3, -0.25) is 0 Å². The minimum absolute atomic E-state index is 0.393. The molecule has 0 bridgehead atoms. The summed E-state index contributed by atoms with van der Waals surface area (Å²) in [6.07, 6.45) is 0.635. The number of pyridine rings is 1. The Balaban J connectivity index is 2.17. The Morgan fingerprint density at radius 2 is 2.05 bits per heavy atom. The zero-order valence-corrected chi connectivity index (χ0v) is 14.1. The molecule has 0 N–H and O–H groups in total. The van der Waals surface area contributed by atoms with Crippen molar-refractivity contribution < 1.29 is 13.2 Å². The fourth-order valence-electron chi connectivity index (χ4n) is 2.52. The Labute approximate surface area is 134 Å². The van der Waals surface area contributed by atoms with Crippen LogP contribution in [0, 0.1) is 0 Å². The van der Waals surface area contributed by atoms with E-state index >= 15 is 0 Å². The first kappa shape index (κ1) is 15.3. The van der Waals surface area contributed by atoms with Gasteiger partial charge in [-0.15, -0.1) is 0 Å². The Morgan fingerprint density at radius 1 is 1.32 bits per heavy atom. The number of ether oxygens (including phenoxy) is 1. The lowest BCUT2D eigenvalue weighted by Crippen LogP contribution is -2.39. The van der Waals surface area contributed by atoms with Gasteiger partial charge in [-0.1, -0.05) is 11.6 Å². The topological polar surface area (TPSA) is 62.7 Å². The van der Waals surface area contributed by atoms with Crippen LogP contribution in [-0.2, 0) is 16.6 Å². The number of rotatable bonds is 3. The SMILES string of the molecule is COc1cc2cc3c(nc2cc1Cl)N(S(=O)(=O)N(C)C)CC3. The number of anilines is 1. The molecule has 1 aliphatic heterocycles. The van der Waals surface area contributed by atoms with E-state index in [-0.39, 0.29) is 0 Å². The summed E-state index contributed by atoms with van der Waals surface area (Å²) in [6.45, 7) is 0.393. The maximum atomic E-state index is 12.4. The van der Waals surface area contributed by atoms with Crippen LogP contribution in [0.3, 0.4) is 0 Å². The smallest absolute Gasteiger partial charge is 0.304 e. The van der Waals surface area contributed by atoms with Gasteiger partial charge >= 0.3 is 10.2 Å². The maximum Gasteiger partial charge on any atom is 0.304 e. The maximum absolute atomic E-state index is 12.4. The zero-order chi connectivity index (χ0) is 16.1. The van der Waals surface area contributed by atoms with Crippen molar-refractivity contribution in [2.75, 3.05) is 32.1 Å². The van der Waals surface area contributed by atoms with Gasteiger partial charge in [0.05, 0.1) is 17.6 Å². The standard InChI is InChI=1S/C14H16ClN3O3S/c1-17(2)22(19,20)18-5-4-9-6-10-7-13(21-3)11(15)8-12(10)16-14(9)18/h6-8H,4-5H2,1-3H3. The lowest BCUT2D eigenvalue weighted by molar-refractivity contribution is 0.415. The largest absolute Gasteiger partial charge is 0.495 e. The second kappa shape index (κ2) is 5.26. The summed E-state index contributed by atoms with van der Waals surface area (Å²) in [5.74, 6) is 1.05. The van der Waals surface area contributed by atoms with Crippen molar-refractivity contribution in [3.8, 4) is 5.75 Å². The lowest BCUT2D eigenvalue weighted by atomic mass is 10.1. The summed E-state index contributed by atoms with van der Waals surface area (Å²) in [5, 5.41) is 1.33. The van der Waals surface area contributed by atoms with Crippen molar-refractivity contribution in [1.82, 2.24) is 9.29 Å². The number of hydrogen-bond donors (Lipinski definition) is 0. The summed E-state index contributed by atoms with van der Waals surface area (Å²) in [5.41, 5.74) is 1.55. The Hall–Kier alpha value is -1.57. The van der Waals surface area contributed by atoms with Crippen LogP contribution in [0.5, 0.6) is 5.75 Å². The van der Waals surface area contributed by atoms with Crippen LogP contribution < -0.4 is 9.04 Å². The number of fused-ring (bicyclic) bond motifs is 2. The van der Waals surface area contributed by atoms with E-state index in [1.165, 1.54) is 22.7 Å². The van der Waals surface area contributed by atoms with Gasteiger partial charge in [-0.2, -0.15) is 12.7 Å². The molecule has 1 aliphatic rings. The summed E-state index contributed by atoms with van der Waals surface area (Å²) < 4.78 is 32.5. The van der Waals surface area contributed by atoms with Crippen molar-refractivity contribution in [1.29, 1.82) is 0 Å². The van der Waals surface area contributed by atoms with E-state index in [0.29, 0.717) is 35.1 Å². The van der Waals surface area contributed by atoms with Crippen LogP contribution >= 0.6 is 11.6 Å². The third-order valence-electron chi connectivity index (χ3n) is 3.70. The summed E-state index contributed by atoms with van der Waals surface area (Å²) >= 11 is 6.13. The van der Waals surface area contributed by atoms with Crippen molar-refractivity contribution >= 4 is 38.5 Å². The quantitative estimate of drug-likeness (QED) is 0.857. The molecule has 6 nitrogen and oxygen atoms in total. The van der Waals surface area contributed by atoms with E-state index in [4.69, 9.17) is 16.3 Å². The van der Waals surface area contributed by atoms with Crippen LogP contribution in [0.15, 0.2) is 18.2 Å². The molecule has 22 heavy (non-hydrogen) atoms. The molecule has 1 aromatic carbocycles. The van der Waals surface area contributed by atoms with Gasteiger partial charge in [0, 0.05) is 26.0 Å². The monoisotopic (exact) mass is 341 g/mol. The molecule has 2 aromatic rings. The van der Waals surface area contributed by atoms with E-state index in [9.17, 15) is 8.42 Å². The molecule has 0 saturated carbocycles. The molecule has 0 unspecified atom stereocenters. The van der Waals surface area contributed by atoms with Crippen LogP contribution in [-0.4, -0.2) is 45.5 Å². The van der Waals surface area contributed by atoms with Gasteiger partial charge in [0.25, 0.3) is 0 Å². The first-order chi connectivity index (χ1) is 10.3. The summed E-state index contributed by atoms with van der Waals surface area (Å²) in [7, 11) is 1.04. The molecule has 0 amide bonds. The molecule has 3 rings (SSSR count). The molecule has 2 heterocycles. The molecule has 0 fully saturated rings. The fourth-order valence-corrected chi connectivity index (χ4v) is 3.84. The molecule has 0 atom stereocenters. The second-order valence-corrected chi connectivity index (χ2v) is 7.74. The highest BCUT2D eigenvalue weighted by atomic mass is 35.5. The number of methoxy groups -OCH3 is 1. The summed E-state index contributed by atoms with van der Waals surface area (Å²) in [4.78, 5) is 4.50. The summed E-state index contributed by atoms with van der Waals surface area (Å²) in [6, 6.07) is 5.45. The molecule has 0 saturated heterocycles. The number of halogens is 1. The van der Waals surface area contributed by atoms with E-state index in [0.717, 1.165) is 10.9 Å². The molecule has 8 heteroatoms. The van der Waals surface area contributed by atoms with Crippen molar-refractivity contribution in [2.45, 2.75) is 6.42 Å². The molecule has 1 aromatic heterocycles. The highest BCUT2D eigenvalue weighted by molar-refractivity contribution is 7.90. The van der Waals surface area contributed by atoms with Crippen molar-refractivity contribution in [2.24, 2.45) is 0 Å². The highest BCUT2D eigenvalue weighted by Crippen LogP contribution is 2.35. The zero-order valence-electron chi connectivity index (χ0n) is 12.5. The Kier molecular flexibility index (Phi) is 3.66. The Morgan fingerprint density at radius 3 is 2.68 bits per heavy atom. The average molecular weight is 342 g/mol. The first-order valence-corrected chi connectivity index (χ1v) is 8.49. The van der Waals surface area contributed by atoms with Gasteiger partial charge in [0.15, 0.2) is 0 Å². The van der Waals surface area contributed by atoms with E-state index < -0.39 is 10.2 Å². The number of aromatic nitrogens is 1. The van der Waals surface area contributed by atoms with Gasteiger partial charge in [-0.05, 0) is 30.2 Å². The first-order valence-electron chi connectivity index (χ1n) is 6.72. The molecule has 0 aliphatic carbocycles. The normalized spacial score (nSPS) is 14.7. The second-order valence-electron chi connectivity index (χ2n) is 5.26.